The molecule has 4 aromatic rings. The summed E-state index contributed by atoms with van der Waals surface area (Å²) >= 11 is 1.51. The molecule has 6 rings (SSSR count). The highest BCUT2D eigenvalue weighted by Crippen LogP contribution is 2.42. The van der Waals surface area contributed by atoms with Gasteiger partial charge in [-0.05, 0) is 91.7 Å². The zero-order valence-electron chi connectivity index (χ0n) is 33.8. The number of nitrogens with zero attached hydrogens (tertiary/aromatic N) is 3. The Hall–Kier alpha value is -6.50. The number of aromatic nitrogens is 1. The van der Waals surface area contributed by atoms with Crippen molar-refractivity contribution < 1.29 is 43.0 Å². The molecule has 1 saturated heterocycles. The number of halogens is 1. The second kappa shape index (κ2) is 19.3. The standard InChI is InChI=1S/C42H49FN8O9S/c1-3-49-22-30(37(54)55)35(52)29-20-31(43)34(21-33(29)49)50-15-17-51(18-16-50)41(59)60-23-26-7-9-28(10-8-26)47-36(53)32(6-4-14-45-40(44)58)48-39(57)42(12-5-13-42)38(56)46-25(2)27-11-19-61-24-27/h7-11,19-22,24-25,32H,3-6,12-18,23H2,1-2H3,(H,46,56)(H,47,53)(H,48,57)(H,54,55)(H3,44,45,58)/t25-,32-/m0/s1. The van der Waals surface area contributed by atoms with E-state index in [-0.39, 0.29) is 62.9 Å². The third-order valence-corrected chi connectivity index (χ3v) is 11.9. The summed E-state index contributed by atoms with van der Waals surface area (Å²) < 4.78 is 22.5. The minimum absolute atomic E-state index is 0.0279. The van der Waals surface area contributed by atoms with E-state index in [1.54, 1.807) is 40.7 Å². The number of nitrogens with one attached hydrogen (secondary N) is 4. The Labute approximate surface area is 354 Å². The minimum Gasteiger partial charge on any atom is -0.477 e. The van der Waals surface area contributed by atoms with Gasteiger partial charge in [0.1, 0.15) is 29.4 Å². The molecule has 0 unspecified atom stereocenters. The molecule has 2 aromatic heterocycles. The number of anilines is 2. The number of nitrogens with two attached hydrogens (primary N) is 1. The third kappa shape index (κ3) is 10.1. The Morgan fingerprint density at radius 1 is 1.00 bits per heavy atom. The molecule has 17 nitrogen and oxygen atoms in total. The van der Waals surface area contributed by atoms with Gasteiger partial charge >= 0.3 is 18.1 Å². The van der Waals surface area contributed by atoms with Gasteiger partial charge in [0.15, 0.2) is 0 Å². The van der Waals surface area contributed by atoms with Gasteiger partial charge in [0.2, 0.25) is 23.2 Å². The van der Waals surface area contributed by atoms with Gasteiger partial charge in [-0.25, -0.2) is 18.8 Å². The molecule has 1 saturated carbocycles. The van der Waals surface area contributed by atoms with E-state index in [1.807, 2.05) is 23.8 Å². The number of aryl methyl sites for hydroxylation is 1. The zero-order chi connectivity index (χ0) is 43.8. The molecule has 0 bridgehead atoms. The molecule has 7 N–H and O–H groups in total. The summed E-state index contributed by atoms with van der Waals surface area (Å²) in [5.74, 6) is -3.53. The van der Waals surface area contributed by atoms with Crippen LogP contribution in [0, 0.1) is 11.2 Å². The monoisotopic (exact) mass is 860 g/mol. The number of carbonyl (C=O) groups is 6. The summed E-state index contributed by atoms with van der Waals surface area (Å²) in [5, 5.41) is 24.3. The Kier molecular flexibility index (Phi) is 13.9. The number of hydrogen-bond acceptors (Lipinski definition) is 10. The lowest BCUT2D eigenvalue weighted by Crippen LogP contribution is -2.58. The molecule has 2 fully saturated rings. The first-order chi connectivity index (χ1) is 29.2. The molecule has 61 heavy (non-hydrogen) atoms. The van der Waals surface area contributed by atoms with Crippen molar-refractivity contribution in [2.75, 3.05) is 42.9 Å². The van der Waals surface area contributed by atoms with Crippen LogP contribution in [0.15, 0.2) is 64.2 Å². The number of carboxylic acids is 1. The Balaban J connectivity index is 1.02. The van der Waals surface area contributed by atoms with Crippen molar-refractivity contribution in [2.45, 2.75) is 71.2 Å². The fraction of sp³-hybridized carbons (Fsp3) is 0.405. The third-order valence-electron chi connectivity index (χ3n) is 11.2. The van der Waals surface area contributed by atoms with E-state index in [9.17, 15) is 38.7 Å². The number of pyridine rings is 1. The number of fused-ring (bicyclic) bond motifs is 1. The second-order valence-electron chi connectivity index (χ2n) is 15.1. The highest BCUT2D eigenvalue weighted by atomic mass is 32.1. The van der Waals surface area contributed by atoms with Crippen LogP contribution in [0.25, 0.3) is 10.9 Å². The van der Waals surface area contributed by atoms with Crippen molar-refractivity contribution in [3.8, 4) is 0 Å². The fourth-order valence-electron chi connectivity index (χ4n) is 7.45. The maximum atomic E-state index is 15.3. The van der Waals surface area contributed by atoms with Crippen LogP contribution in [-0.2, 0) is 32.3 Å². The topological polar surface area (TPSA) is 234 Å². The summed E-state index contributed by atoms with van der Waals surface area (Å²) in [6.07, 6.45) is 2.52. The maximum Gasteiger partial charge on any atom is 0.410 e. The van der Waals surface area contributed by atoms with Gasteiger partial charge < -0.3 is 51.2 Å². The predicted octanol–water partition coefficient (Wildman–Crippen LogP) is 4.30. The molecular weight excluding hydrogens is 812 g/mol. The van der Waals surface area contributed by atoms with E-state index in [0.29, 0.717) is 49.0 Å². The number of rotatable bonds is 16. The van der Waals surface area contributed by atoms with Crippen molar-refractivity contribution in [3.05, 3.63) is 92.2 Å². The van der Waals surface area contributed by atoms with Gasteiger partial charge in [0.25, 0.3) is 0 Å². The number of thiophene rings is 1. The van der Waals surface area contributed by atoms with E-state index < -0.39 is 64.1 Å². The van der Waals surface area contributed by atoms with Crippen LogP contribution in [-0.4, -0.2) is 89.2 Å². The first-order valence-electron chi connectivity index (χ1n) is 20.0. The normalized spacial score (nSPS) is 15.5. The van der Waals surface area contributed by atoms with Crippen LogP contribution in [0.1, 0.15) is 73.5 Å². The van der Waals surface area contributed by atoms with Crippen molar-refractivity contribution >= 4 is 69.4 Å². The summed E-state index contributed by atoms with van der Waals surface area (Å²) in [7, 11) is 0. The predicted molar refractivity (Wildman–Crippen MR) is 226 cm³/mol. The zero-order valence-corrected chi connectivity index (χ0v) is 34.6. The van der Waals surface area contributed by atoms with Gasteiger partial charge in [-0.1, -0.05) is 18.6 Å². The molecule has 324 valence electrons. The van der Waals surface area contributed by atoms with Crippen molar-refractivity contribution in [1.82, 2.24) is 25.4 Å². The smallest absolute Gasteiger partial charge is 0.410 e. The number of amides is 6. The van der Waals surface area contributed by atoms with Gasteiger partial charge in [0.05, 0.1) is 17.2 Å². The van der Waals surface area contributed by atoms with Gasteiger partial charge in [0, 0.05) is 56.5 Å². The molecule has 1 aliphatic heterocycles. The number of benzene rings is 2. The van der Waals surface area contributed by atoms with Gasteiger partial charge in [-0.2, -0.15) is 11.3 Å². The van der Waals surface area contributed by atoms with Gasteiger partial charge in [-0.15, -0.1) is 0 Å². The maximum absolute atomic E-state index is 15.3. The molecular formula is C42H49FN8O9S. The molecule has 2 aromatic carbocycles. The van der Waals surface area contributed by atoms with Crippen molar-refractivity contribution in [2.24, 2.45) is 11.1 Å². The van der Waals surface area contributed by atoms with Crippen LogP contribution in [0.2, 0.25) is 0 Å². The average Bonchev–Trinajstić information content (AvgIpc) is 3.77. The Morgan fingerprint density at radius 2 is 1.70 bits per heavy atom. The summed E-state index contributed by atoms with van der Waals surface area (Å²) in [5.41, 5.74) is 5.29. The van der Waals surface area contributed by atoms with Crippen molar-refractivity contribution in [1.29, 1.82) is 0 Å². The minimum atomic E-state index is -1.39. The molecule has 0 spiro atoms. The molecule has 6 amide bonds. The van der Waals surface area contributed by atoms with Crippen LogP contribution >= 0.6 is 11.3 Å². The average molecular weight is 861 g/mol. The molecule has 2 aliphatic rings. The second-order valence-corrected chi connectivity index (χ2v) is 15.9. The van der Waals surface area contributed by atoms with E-state index in [1.165, 1.54) is 28.5 Å². The van der Waals surface area contributed by atoms with E-state index in [4.69, 9.17) is 10.5 Å². The lowest BCUT2D eigenvalue weighted by molar-refractivity contribution is -0.151. The van der Waals surface area contributed by atoms with Crippen molar-refractivity contribution in [3.63, 3.8) is 0 Å². The largest absolute Gasteiger partial charge is 0.477 e. The molecule has 3 heterocycles. The SMILES string of the molecule is CCn1cc(C(=O)O)c(=O)c2cc(F)c(N3CCN(C(=O)OCc4ccc(NC(=O)[C@H](CCCNC(N)=O)NC(=O)C5(C(=O)N[C@@H](C)c6ccsc6)CCC5)cc4)CC3)cc21. The number of urea groups is 1. The summed E-state index contributed by atoms with van der Waals surface area (Å²) in [6.45, 7) is 5.12. The van der Waals surface area contributed by atoms with Crippen LogP contribution in [0.4, 0.5) is 25.4 Å². The number of primary amides is 1. The van der Waals surface area contributed by atoms with Crippen LogP contribution < -0.4 is 37.3 Å². The highest BCUT2D eigenvalue weighted by Gasteiger charge is 2.51. The van der Waals surface area contributed by atoms with E-state index in [0.717, 1.165) is 11.6 Å². The Bertz CT molecular complexity index is 2340. The summed E-state index contributed by atoms with van der Waals surface area (Å²) in [4.78, 5) is 92.6. The molecule has 19 heteroatoms. The first-order valence-corrected chi connectivity index (χ1v) is 21.0. The number of carbonyl (C=O) groups excluding carboxylic acids is 5. The number of ether oxygens (including phenoxy) is 1. The summed E-state index contributed by atoms with van der Waals surface area (Å²) in [6, 6.07) is 9.03. The number of hydrogen-bond donors (Lipinski definition) is 6. The van der Waals surface area contributed by atoms with Crippen LogP contribution in [0.3, 0.4) is 0 Å². The molecule has 0 radical (unpaired) electrons. The first kappa shape index (κ1) is 44.1. The number of carboxylic acid groups (broad SMARTS) is 1. The Morgan fingerprint density at radius 3 is 2.31 bits per heavy atom. The van der Waals surface area contributed by atoms with Gasteiger partial charge in [-0.3, -0.25) is 19.2 Å². The lowest BCUT2D eigenvalue weighted by atomic mass is 9.67. The quantitative estimate of drug-likeness (QED) is 0.0691. The highest BCUT2D eigenvalue weighted by molar-refractivity contribution is 7.08. The van der Waals surface area contributed by atoms with E-state index >= 15 is 4.39 Å². The van der Waals surface area contributed by atoms with E-state index in [2.05, 4.69) is 21.3 Å². The molecule has 1 aliphatic carbocycles. The van der Waals surface area contributed by atoms with Crippen LogP contribution in [0.5, 0.6) is 0 Å². The lowest BCUT2D eigenvalue weighted by Gasteiger charge is -2.40. The number of aromatic carboxylic acids is 1. The molecule has 2 atom stereocenters. The number of piperazine rings is 1. The fourth-order valence-corrected chi connectivity index (χ4v) is 8.20.